The zero-order chi connectivity index (χ0) is 12.6. The van der Waals surface area contributed by atoms with Crippen molar-refractivity contribution in [3.63, 3.8) is 0 Å². The molecule has 0 bridgehead atoms. The fourth-order valence-electron chi connectivity index (χ4n) is 1.40. The van der Waals surface area contributed by atoms with Crippen molar-refractivity contribution in [1.82, 2.24) is 10.2 Å². The number of nitrogens with zero attached hydrogens (tertiary/aromatic N) is 1. The van der Waals surface area contributed by atoms with E-state index in [0.29, 0.717) is 12.5 Å². The lowest BCUT2D eigenvalue weighted by Crippen LogP contribution is -2.43. The molecular weight excluding hydrogens is 200 g/mol. The molecule has 0 heterocycles. The molecule has 1 N–H and O–H groups in total. The third-order valence-corrected chi connectivity index (χ3v) is 3.03. The molecule has 0 saturated heterocycles. The van der Waals surface area contributed by atoms with Crippen LogP contribution in [0.4, 0.5) is 0 Å². The highest BCUT2D eigenvalue weighted by atomic mass is 16.2. The SMILES string of the molecule is CCCCN(CC)CC(=O)NC(C)C(C)C. The lowest BCUT2D eigenvalue weighted by atomic mass is 10.1. The van der Waals surface area contributed by atoms with Crippen LogP contribution in [0.3, 0.4) is 0 Å². The van der Waals surface area contributed by atoms with Crippen molar-refractivity contribution in [2.45, 2.75) is 53.5 Å². The maximum atomic E-state index is 11.7. The van der Waals surface area contributed by atoms with E-state index in [2.05, 4.69) is 44.8 Å². The number of unbranched alkanes of at least 4 members (excludes halogenated alkanes) is 1. The minimum Gasteiger partial charge on any atom is -0.352 e. The molecule has 0 saturated carbocycles. The molecule has 0 fully saturated rings. The van der Waals surface area contributed by atoms with Crippen LogP contribution in [0.1, 0.15) is 47.5 Å². The normalized spacial score (nSPS) is 13.2. The van der Waals surface area contributed by atoms with Crippen molar-refractivity contribution < 1.29 is 4.79 Å². The number of rotatable bonds is 8. The first-order chi connectivity index (χ1) is 7.51. The summed E-state index contributed by atoms with van der Waals surface area (Å²) in [5.74, 6) is 0.647. The molecule has 0 aromatic carbocycles. The molecule has 3 heteroatoms. The smallest absolute Gasteiger partial charge is 0.234 e. The lowest BCUT2D eigenvalue weighted by molar-refractivity contribution is -0.123. The highest BCUT2D eigenvalue weighted by molar-refractivity contribution is 5.78. The van der Waals surface area contributed by atoms with Crippen LogP contribution in [0.25, 0.3) is 0 Å². The summed E-state index contributed by atoms with van der Waals surface area (Å²) in [5, 5.41) is 3.04. The molecular formula is C13H28N2O. The second kappa shape index (κ2) is 8.57. The van der Waals surface area contributed by atoms with E-state index >= 15 is 0 Å². The van der Waals surface area contributed by atoms with Gasteiger partial charge in [-0.05, 0) is 32.4 Å². The van der Waals surface area contributed by atoms with E-state index in [1.165, 1.54) is 12.8 Å². The maximum absolute atomic E-state index is 11.7. The predicted octanol–water partition coefficient (Wildman–Crippen LogP) is 2.27. The van der Waals surface area contributed by atoms with E-state index in [-0.39, 0.29) is 11.9 Å². The van der Waals surface area contributed by atoms with Gasteiger partial charge in [-0.1, -0.05) is 34.1 Å². The number of amides is 1. The third-order valence-electron chi connectivity index (χ3n) is 3.03. The largest absolute Gasteiger partial charge is 0.352 e. The summed E-state index contributed by atoms with van der Waals surface area (Å²) < 4.78 is 0. The van der Waals surface area contributed by atoms with Crippen LogP contribution in [-0.2, 0) is 4.79 Å². The van der Waals surface area contributed by atoms with Crippen LogP contribution in [0, 0.1) is 5.92 Å². The monoisotopic (exact) mass is 228 g/mol. The van der Waals surface area contributed by atoms with E-state index in [4.69, 9.17) is 0 Å². The molecule has 0 aromatic heterocycles. The van der Waals surface area contributed by atoms with Crippen molar-refractivity contribution in [3.05, 3.63) is 0 Å². The Bertz CT molecular complexity index is 192. The summed E-state index contributed by atoms with van der Waals surface area (Å²) >= 11 is 0. The third kappa shape index (κ3) is 6.83. The van der Waals surface area contributed by atoms with Gasteiger partial charge in [0.05, 0.1) is 6.54 Å². The standard InChI is InChI=1S/C13H28N2O/c1-6-8-9-15(7-2)10-13(16)14-12(5)11(3)4/h11-12H,6-10H2,1-5H3,(H,14,16). The predicted molar refractivity (Wildman–Crippen MR) is 69.5 cm³/mol. The number of carbonyl (C=O) groups excluding carboxylic acids is 1. The molecule has 0 rings (SSSR count). The fourth-order valence-corrected chi connectivity index (χ4v) is 1.40. The summed E-state index contributed by atoms with van der Waals surface area (Å²) in [6.07, 6.45) is 2.35. The summed E-state index contributed by atoms with van der Waals surface area (Å²) in [6, 6.07) is 0.261. The molecule has 1 atom stereocenters. The van der Waals surface area contributed by atoms with Crippen molar-refractivity contribution in [1.29, 1.82) is 0 Å². The van der Waals surface area contributed by atoms with E-state index in [1.54, 1.807) is 0 Å². The fraction of sp³-hybridized carbons (Fsp3) is 0.923. The molecule has 1 amide bonds. The van der Waals surface area contributed by atoms with Gasteiger partial charge in [-0.25, -0.2) is 0 Å². The molecule has 0 radical (unpaired) electrons. The molecule has 0 aromatic rings. The molecule has 0 spiro atoms. The Balaban J connectivity index is 3.91. The molecule has 0 aliphatic rings. The second-order valence-electron chi connectivity index (χ2n) is 4.82. The van der Waals surface area contributed by atoms with Gasteiger partial charge in [-0.3, -0.25) is 9.69 Å². The Hall–Kier alpha value is -0.570. The van der Waals surface area contributed by atoms with Gasteiger partial charge in [-0.2, -0.15) is 0 Å². The molecule has 3 nitrogen and oxygen atoms in total. The minimum absolute atomic E-state index is 0.152. The second-order valence-corrected chi connectivity index (χ2v) is 4.82. The van der Waals surface area contributed by atoms with Crippen LogP contribution in [-0.4, -0.2) is 36.5 Å². The first kappa shape index (κ1) is 15.4. The zero-order valence-electron chi connectivity index (χ0n) is 11.5. The van der Waals surface area contributed by atoms with Crippen molar-refractivity contribution >= 4 is 5.91 Å². The number of hydrogen-bond acceptors (Lipinski definition) is 2. The Morgan fingerprint density at radius 1 is 1.25 bits per heavy atom. The molecule has 0 aliphatic heterocycles. The van der Waals surface area contributed by atoms with Crippen molar-refractivity contribution in [2.75, 3.05) is 19.6 Å². The van der Waals surface area contributed by atoms with Gasteiger partial charge in [0.15, 0.2) is 0 Å². The number of hydrogen-bond donors (Lipinski definition) is 1. The van der Waals surface area contributed by atoms with E-state index < -0.39 is 0 Å². The summed E-state index contributed by atoms with van der Waals surface area (Å²) in [4.78, 5) is 13.9. The van der Waals surface area contributed by atoms with Gasteiger partial charge in [-0.15, -0.1) is 0 Å². The van der Waals surface area contributed by atoms with Crippen LogP contribution in [0.5, 0.6) is 0 Å². The van der Waals surface area contributed by atoms with E-state index in [0.717, 1.165) is 13.1 Å². The van der Waals surface area contributed by atoms with Crippen LogP contribution >= 0.6 is 0 Å². The highest BCUT2D eigenvalue weighted by Gasteiger charge is 2.13. The average Bonchev–Trinajstić information content (AvgIpc) is 2.23. The first-order valence-electron chi connectivity index (χ1n) is 6.52. The number of nitrogens with one attached hydrogen (secondary N) is 1. The van der Waals surface area contributed by atoms with Gasteiger partial charge in [0.25, 0.3) is 0 Å². The van der Waals surface area contributed by atoms with Gasteiger partial charge in [0.2, 0.25) is 5.91 Å². The Labute approximate surface area is 101 Å². The summed E-state index contributed by atoms with van der Waals surface area (Å²) in [7, 11) is 0. The van der Waals surface area contributed by atoms with E-state index in [9.17, 15) is 4.79 Å². The van der Waals surface area contributed by atoms with Crippen molar-refractivity contribution in [3.8, 4) is 0 Å². The highest BCUT2D eigenvalue weighted by Crippen LogP contribution is 2.00. The van der Waals surface area contributed by atoms with Crippen LogP contribution in [0.15, 0.2) is 0 Å². The summed E-state index contributed by atoms with van der Waals surface area (Å²) in [6.45, 7) is 13.1. The minimum atomic E-state index is 0.152. The first-order valence-corrected chi connectivity index (χ1v) is 6.52. The van der Waals surface area contributed by atoms with Gasteiger partial charge >= 0.3 is 0 Å². The molecule has 0 aliphatic carbocycles. The molecule has 96 valence electrons. The van der Waals surface area contributed by atoms with Crippen LogP contribution < -0.4 is 5.32 Å². The average molecular weight is 228 g/mol. The van der Waals surface area contributed by atoms with E-state index in [1.807, 2.05) is 0 Å². The van der Waals surface area contributed by atoms with Gasteiger partial charge in [0.1, 0.15) is 0 Å². The van der Waals surface area contributed by atoms with Crippen molar-refractivity contribution in [2.24, 2.45) is 5.92 Å². The number of likely N-dealkylation sites (N-methyl/N-ethyl adjacent to an activating group) is 1. The van der Waals surface area contributed by atoms with Gasteiger partial charge < -0.3 is 5.32 Å². The topological polar surface area (TPSA) is 32.3 Å². The quantitative estimate of drug-likeness (QED) is 0.691. The number of carbonyl (C=O) groups is 1. The van der Waals surface area contributed by atoms with Gasteiger partial charge in [0, 0.05) is 6.04 Å². The Kier molecular flexibility index (Phi) is 8.26. The Morgan fingerprint density at radius 3 is 2.31 bits per heavy atom. The molecule has 16 heavy (non-hydrogen) atoms. The zero-order valence-corrected chi connectivity index (χ0v) is 11.5. The Morgan fingerprint density at radius 2 is 1.88 bits per heavy atom. The molecule has 1 unspecified atom stereocenters. The maximum Gasteiger partial charge on any atom is 0.234 e. The van der Waals surface area contributed by atoms with Crippen LogP contribution in [0.2, 0.25) is 0 Å². The summed E-state index contributed by atoms with van der Waals surface area (Å²) in [5.41, 5.74) is 0. The lowest BCUT2D eigenvalue weighted by Gasteiger charge is -2.22.